The van der Waals surface area contributed by atoms with Crippen LogP contribution in [0, 0.1) is 0 Å². The van der Waals surface area contributed by atoms with Gasteiger partial charge in [0, 0.05) is 5.69 Å². The van der Waals surface area contributed by atoms with Crippen molar-refractivity contribution in [2.75, 3.05) is 12.5 Å². The minimum absolute atomic E-state index is 0.427. The van der Waals surface area contributed by atoms with Crippen LogP contribution in [-0.4, -0.2) is 7.11 Å². The summed E-state index contributed by atoms with van der Waals surface area (Å²) in [6.07, 6.45) is 0. The Balaban J connectivity index is 1.76. The van der Waals surface area contributed by atoms with Crippen molar-refractivity contribution in [2.24, 2.45) is 0 Å². The summed E-state index contributed by atoms with van der Waals surface area (Å²) in [5.74, 6) is 1.58. The minimum atomic E-state index is -3.74. The third kappa shape index (κ3) is 5.02. The van der Waals surface area contributed by atoms with Crippen LogP contribution in [0.2, 0.25) is 0 Å². The van der Waals surface area contributed by atoms with Gasteiger partial charge in [0.15, 0.2) is 0 Å². The van der Waals surface area contributed by atoms with Crippen LogP contribution < -0.4 is 24.4 Å². The molecular weight excluding hydrogens is 351 g/mol. The zero-order chi connectivity index (χ0) is 18.2. The molecule has 0 aliphatic heterocycles. The third-order valence-electron chi connectivity index (χ3n) is 3.36. The summed E-state index contributed by atoms with van der Waals surface area (Å²) in [5, 5.41) is 2.67. The molecule has 0 bridgehead atoms. The lowest BCUT2D eigenvalue weighted by molar-refractivity contribution is 0.375. The average molecular weight is 370 g/mol. The van der Waals surface area contributed by atoms with E-state index in [0.717, 1.165) is 5.75 Å². The van der Waals surface area contributed by atoms with Crippen LogP contribution in [0.25, 0.3) is 0 Å². The van der Waals surface area contributed by atoms with Crippen LogP contribution in [-0.2, 0) is 4.57 Å². The van der Waals surface area contributed by atoms with Crippen LogP contribution >= 0.6 is 7.75 Å². The van der Waals surface area contributed by atoms with Crippen molar-refractivity contribution < 1.29 is 18.3 Å². The van der Waals surface area contributed by atoms with E-state index in [1.165, 1.54) is 0 Å². The number of rotatable bonds is 8. The van der Waals surface area contributed by atoms with Gasteiger partial charge in [0.05, 0.1) is 7.11 Å². The van der Waals surface area contributed by atoms with Gasteiger partial charge >= 0.3 is 7.75 Å². The summed E-state index contributed by atoms with van der Waals surface area (Å²) >= 11 is 0. The molecule has 0 saturated carbocycles. The summed E-state index contributed by atoms with van der Waals surface area (Å²) in [4.78, 5) is 0. The van der Waals surface area contributed by atoms with Crippen molar-refractivity contribution in [2.45, 2.75) is 0 Å². The molecule has 3 aromatic rings. The molecule has 0 spiro atoms. The first kappa shape index (κ1) is 17.9. The topological polar surface area (TPSA) is 68.8 Å². The molecule has 0 atom stereocenters. The van der Waals surface area contributed by atoms with Gasteiger partial charge in [0.25, 0.3) is 0 Å². The highest BCUT2D eigenvalue weighted by molar-refractivity contribution is 7.52. The fourth-order valence-corrected chi connectivity index (χ4v) is 3.30. The molecule has 134 valence electrons. The molecule has 0 unspecified atom stereocenters. The summed E-state index contributed by atoms with van der Waals surface area (Å²) in [6.45, 7) is 0. The SMILES string of the molecule is COc1ccc(NNP(=O)(Oc2ccccc2)Oc2ccccc2)cc1. The van der Waals surface area contributed by atoms with E-state index in [2.05, 4.69) is 10.6 Å². The third-order valence-corrected chi connectivity index (χ3v) is 4.65. The molecule has 26 heavy (non-hydrogen) atoms. The fraction of sp³-hybridized carbons (Fsp3) is 0.0526. The lowest BCUT2D eigenvalue weighted by atomic mass is 10.3. The van der Waals surface area contributed by atoms with Gasteiger partial charge in [-0.15, -0.1) is 5.20 Å². The number of methoxy groups -OCH3 is 1. The molecule has 0 heterocycles. The fourth-order valence-electron chi connectivity index (χ4n) is 2.11. The summed E-state index contributed by atoms with van der Waals surface area (Å²) < 4.78 is 29.5. The van der Waals surface area contributed by atoms with Gasteiger partial charge in [0.1, 0.15) is 17.2 Å². The van der Waals surface area contributed by atoms with Gasteiger partial charge in [-0.3, -0.25) is 0 Å². The van der Waals surface area contributed by atoms with Crippen LogP contribution in [0.5, 0.6) is 17.2 Å². The minimum Gasteiger partial charge on any atom is -0.497 e. The van der Waals surface area contributed by atoms with Crippen LogP contribution in [0.15, 0.2) is 84.9 Å². The molecule has 3 aromatic carbocycles. The van der Waals surface area contributed by atoms with E-state index in [9.17, 15) is 4.57 Å². The van der Waals surface area contributed by atoms with Crippen molar-refractivity contribution in [1.29, 1.82) is 0 Å². The van der Waals surface area contributed by atoms with Crippen molar-refractivity contribution in [3.05, 3.63) is 84.9 Å². The first-order chi connectivity index (χ1) is 12.7. The smallest absolute Gasteiger partial charge is 0.497 e. The molecule has 3 rings (SSSR count). The highest BCUT2D eigenvalue weighted by Gasteiger charge is 2.28. The van der Waals surface area contributed by atoms with E-state index in [1.807, 2.05) is 12.1 Å². The molecule has 0 saturated heterocycles. The Kier molecular flexibility index (Phi) is 5.79. The van der Waals surface area contributed by atoms with E-state index >= 15 is 0 Å². The molecule has 0 aliphatic carbocycles. The molecule has 0 aromatic heterocycles. The highest BCUT2D eigenvalue weighted by atomic mass is 31.2. The number of anilines is 1. The molecule has 0 radical (unpaired) electrons. The number of hydrogen-bond acceptors (Lipinski definition) is 5. The Bertz CT molecular complexity index is 812. The first-order valence-electron chi connectivity index (χ1n) is 7.93. The largest absolute Gasteiger partial charge is 0.530 e. The second kappa shape index (κ2) is 8.43. The highest BCUT2D eigenvalue weighted by Crippen LogP contribution is 2.44. The normalized spacial score (nSPS) is 10.8. The maximum absolute atomic E-state index is 13.2. The van der Waals surface area contributed by atoms with Crippen LogP contribution in [0.4, 0.5) is 5.69 Å². The number of ether oxygens (including phenoxy) is 1. The number of nitrogens with one attached hydrogen (secondary N) is 2. The Labute approximate surface area is 152 Å². The molecule has 0 aliphatic rings. The monoisotopic (exact) mass is 370 g/mol. The van der Waals surface area contributed by atoms with Gasteiger partial charge < -0.3 is 19.2 Å². The van der Waals surface area contributed by atoms with Gasteiger partial charge in [0.2, 0.25) is 0 Å². The average Bonchev–Trinajstić information content (AvgIpc) is 2.68. The quantitative estimate of drug-likeness (QED) is 0.435. The lowest BCUT2D eigenvalue weighted by Crippen LogP contribution is -2.24. The van der Waals surface area contributed by atoms with Crippen LogP contribution in [0.1, 0.15) is 0 Å². The van der Waals surface area contributed by atoms with E-state index < -0.39 is 7.75 Å². The molecule has 7 heteroatoms. The van der Waals surface area contributed by atoms with Crippen molar-refractivity contribution in [1.82, 2.24) is 5.20 Å². The van der Waals surface area contributed by atoms with Crippen molar-refractivity contribution in [3.8, 4) is 17.2 Å². The Hall–Kier alpha value is -2.95. The predicted octanol–water partition coefficient (Wildman–Crippen LogP) is 4.88. The lowest BCUT2D eigenvalue weighted by Gasteiger charge is -2.21. The van der Waals surface area contributed by atoms with E-state index in [1.54, 1.807) is 79.9 Å². The second-order valence-corrected chi connectivity index (χ2v) is 6.86. The standard InChI is InChI=1S/C19H19N2O4P/c1-23-17-14-12-16(13-15-17)20-21-26(22,24-18-8-4-2-5-9-18)25-19-10-6-3-7-11-19/h2-15,20H,1H3,(H,21,22). The Morgan fingerprint density at radius 1 is 0.692 bits per heavy atom. The summed E-state index contributed by atoms with van der Waals surface area (Å²) in [6, 6.07) is 24.8. The van der Waals surface area contributed by atoms with Crippen LogP contribution in [0.3, 0.4) is 0 Å². The van der Waals surface area contributed by atoms with Gasteiger partial charge in [-0.25, -0.2) is 4.57 Å². The van der Waals surface area contributed by atoms with Crippen molar-refractivity contribution >= 4 is 13.4 Å². The molecular formula is C19H19N2O4P. The zero-order valence-corrected chi connectivity index (χ0v) is 15.1. The number of para-hydroxylation sites is 2. The zero-order valence-electron chi connectivity index (χ0n) is 14.2. The van der Waals surface area contributed by atoms with Gasteiger partial charge in [-0.1, -0.05) is 36.4 Å². The molecule has 2 N–H and O–H groups in total. The predicted molar refractivity (Wildman–Crippen MR) is 101 cm³/mol. The summed E-state index contributed by atoms with van der Waals surface area (Å²) in [5.41, 5.74) is 3.54. The maximum Gasteiger partial charge on any atom is 0.530 e. The molecule has 0 amide bonds. The second-order valence-electron chi connectivity index (χ2n) is 5.27. The summed E-state index contributed by atoms with van der Waals surface area (Å²) in [7, 11) is -2.15. The van der Waals surface area contributed by atoms with E-state index in [-0.39, 0.29) is 0 Å². The van der Waals surface area contributed by atoms with Crippen molar-refractivity contribution in [3.63, 3.8) is 0 Å². The molecule has 0 fully saturated rings. The number of benzene rings is 3. The van der Waals surface area contributed by atoms with Gasteiger partial charge in [-0.05, 0) is 48.5 Å². The Morgan fingerprint density at radius 3 is 1.65 bits per heavy atom. The first-order valence-corrected chi connectivity index (χ1v) is 9.48. The maximum atomic E-state index is 13.2. The number of hydrogen-bond donors (Lipinski definition) is 2. The Morgan fingerprint density at radius 2 is 1.19 bits per heavy atom. The van der Waals surface area contributed by atoms with E-state index in [0.29, 0.717) is 17.2 Å². The van der Waals surface area contributed by atoms with Gasteiger partial charge in [-0.2, -0.15) is 0 Å². The number of hydrazine groups is 1. The van der Waals surface area contributed by atoms with E-state index in [4.69, 9.17) is 13.8 Å². The molecule has 6 nitrogen and oxygen atoms in total.